The molecule has 1 aliphatic rings. The molecule has 2 rings (SSSR count). The second-order valence-electron chi connectivity index (χ2n) is 4.48. The summed E-state index contributed by atoms with van der Waals surface area (Å²) in [5.74, 6) is 0. The van der Waals surface area contributed by atoms with Crippen molar-refractivity contribution in [3.8, 4) is 0 Å². The van der Waals surface area contributed by atoms with Gasteiger partial charge in [-0.25, -0.2) is 0 Å². The van der Waals surface area contributed by atoms with Crippen LogP contribution in [0.25, 0.3) is 0 Å². The molecule has 1 atom stereocenters. The van der Waals surface area contributed by atoms with Crippen molar-refractivity contribution in [2.24, 2.45) is 5.73 Å². The maximum Gasteiger partial charge on any atom is 0.418 e. The van der Waals surface area contributed by atoms with E-state index in [9.17, 15) is 13.2 Å². The highest BCUT2D eigenvalue weighted by Gasteiger charge is 2.36. The monoisotopic (exact) mass is 278 g/mol. The van der Waals surface area contributed by atoms with Crippen LogP contribution in [0.2, 0.25) is 5.02 Å². The summed E-state index contributed by atoms with van der Waals surface area (Å²) in [7, 11) is 0. The first-order valence-corrected chi connectivity index (χ1v) is 6.13. The molecule has 1 aromatic rings. The zero-order chi connectivity index (χ0) is 13.3. The number of benzene rings is 1. The minimum Gasteiger partial charge on any atom is -0.368 e. The van der Waals surface area contributed by atoms with Gasteiger partial charge in [0.25, 0.3) is 0 Å². The molecular formula is C12H14ClF3N2. The van der Waals surface area contributed by atoms with E-state index in [-0.39, 0.29) is 16.8 Å². The van der Waals surface area contributed by atoms with Crippen LogP contribution in [0.5, 0.6) is 0 Å². The molecule has 6 heteroatoms. The van der Waals surface area contributed by atoms with Gasteiger partial charge in [-0.2, -0.15) is 13.2 Å². The van der Waals surface area contributed by atoms with Crippen molar-refractivity contribution >= 4 is 17.3 Å². The lowest BCUT2D eigenvalue weighted by molar-refractivity contribution is -0.137. The number of nitrogens with two attached hydrogens (primary N) is 1. The van der Waals surface area contributed by atoms with E-state index in [1.54, 1.807) is 4.90 Å². The molecule has 0 saturated carbocycles. The molecule has 0 spiro atoms. The van der Waals surface area contributed by atoms with E-state index < -0.39 is 11.7 Å². The standard InChI is InChI=1S/C12H14ClF3N2/c13-10-5-1-4-9(12(14,15)16)11(10)18-6-2-3-8(17)7-18/h1,4-5,8H,2-3,6-7,17H2. The third kappa shape index (κ3) is 2.72. The van der Waals surface area contributed by atoms with Crippen LogP contribution in [0.4, 0.5) is 18.9 Å². The summed E-state index contributed by atoms with van der Waals surface area (Å²) < 4.78 is 38.9. The fourth-order valence-corrected chi connectivity index (χ4v) is 2.57. The Morgan fingerprint density at radius 3 is 2.67 bits per heavy atom. The zero-order valence-electron chi connectivity index (χ0n) is 9.67. The van der Waals surface area contributed by atoms with Crippen LogP contribution in [-0.4, -0.2) is 19.1 Å². The minimum atomic E-state index is -4.40. The molecule has 1 aliphatic heterocycles. The van der Waals surface area contributed by atoms with Crippen LogP contribution < -0.4 is 10.6 Å². The van der Waals surface area contributed by atoms with Gasteiger partial charge in [0.15, 0.2) is 0 Å². The Morgan fingerprint density at radius 1 is 1.33 bits per heavy atom. The average molecular weight is 279 g/mol. The lowest BCUT2D eigenvalue weighted by atomic mass is 10.0. The predicted octanol–water partition coefficient (Wildman–Crippen LogP) is 3.29. The van der Waals surface area contributed by atoms with Gasteiger partial charge in [-0.15, -0.1) is 0 Å². The van der Waals surface area contributed by atoms with E-state index in [0.717, 1.165) is 18.9 Å². The van der Waals surface area contributed by atoms with Crippen molar-refractivity contribution in [3.05, 3.63) is 28.8 Å². The highest BCUT2D eigenvalue weighted by Crippen LogP contribution is 2.41. The number of hydrogen-bond donors (Lipinski definition) is 1. The van der Waals surface area contributed by atoms with Crippen molar-refractivity contribution in [2.45, 2.75) is 25.1 Å². The topological polar surface area (TPSA) is 29.3 Å². The zero-order valence-corrected chi connectivity index (χ0v) is 10.4. The average Bonchev–Trinajstić information content (AvgIpc) is 2.27. The summed E-state index contributed by atoms with van der Waals surface area (Å²) in [5, 5.41) is 0.124. The molecule has 2 nitrogen and oxygen atoms in total. The molecule has 2 N–H and O–H groups in total. The van der Waals surface area contributed by atoms with Crippen LogP contribution >= 0.6 is 11.6 Å². The Kier molecular flexibility index (Phi) is 3.73. The number of halogens is 4. The number of rotatable bonds is 1. The number of anilines is 1. The molecule has 100 valence electrons. The van der Waals surface area contributed by atoms with E-state index >= 15 is 0 Å². The third-order valence-corrected chi connectivity index (χ3v) is 3.37. The molecule has 1 unspecified atom stereocenters. The second kappa shape index (κ2) is 4.97. The molecule has 1 saturated heterocycles. The van der Waals surface area contributed by atoms with Crippen molar-refractivity contribution in [3.63, 3.8) is 0 Å². The lowest BCUT2D eigenvalue weighted by Gasteiger charge is -2.34. The lowest BCUT2D eigenvalue weighted by Crippen LogP contribution is -2.43. The molecule has 1 aromatic carbocycles. The number of hydrogen-bond acceptors (Lipinski definition) is 2. The normalized spacial score (nSPS) is 21.2. The number of alkyl halides is 3. The fourth-order valence-electron chi connectivity index (χ4n) is 2.28. The number of piperidine rings is 1. The van der Waals surface area contributed by atoms with Crippen LogP contribution in [0, 0.1) is 0 Å². The Labute approximate surface area is 109 Å². The molecule has 1 fully saturated rings. The van der Waals surface area contributed by atoms with Gasteiger partial charge in [-0.3, -0.25) is 0 Å². The highest BCUT2D eigenvalue weighted by atomic mass is 35.5. The quantitative estimate of drug-likeness (QED) is 0.854. The second-order valence-corrected chi connectivity index (χ2v) is 4.89. The Balaban J connectivity index is 2.42. The summed E-state index contributed by atoms with van der Waals surface area (Å²) >= 11 is 5.93. The first-order chi connectivity index (χ1) is 8.39. The maximum atomic E-state index is 13.0. The summed E-state index contributed by atoms with van der Waals surface area (Å²) in [6.45, 7) is 0.966. The first-order valence-electron chi connectivity index (χ1n) is 5.76. The van der Waals surface area contributed by atoms with Gasteiger partial charge in [-0.1, -0.05) is 17.7 Å². The fraction of sp³-hybridized carbons (Fsp3) is 0.500. The molecular weight excluding hydrogens is 265 g/mol. The minimum absolute atomic E-state index is 0.0572. The molecule has 1 heterocycles. The SMILES string of the molecule is NC1CCCN(c2c(Cl)cccc2C(F)(F)F)C1. The summed E-state index contributed by atoms with van der Waals surface area (Å²) in [6.07, 6.45) is -2.78. The maximum absolute atomic E-state index is 13.0. The Bertz CT molecular complexity index is 434. The van der Waals surface area contributed by atoms with Gasteiger partial charge in [-0.05, 0) is 25.0 Å². The van der Waals surface area contributed by atoms with Crippen LogP contribution in [0.1, 0.15) is 18.4 Å². The van der Waals surface area contributed by atoms with Crippen molar-refractivity contribution in [2.75, 3.05) is 18.0 Å². The van der Waals surface area contributed by atoms with Crippen molar-refractivity contribution in [1.82, 2.24) is 0 Å². The van der Waals surface area contributed by atoms with E-state index in [4.69, 9.17) is 17.3 Å². The first kappa shape index (κ1) is 13.5. The smallest absolute Gasteiger partial charge is 0.368 e. The largest absolute Gasteiger partial charge is 0.418 e. The third-order valence-electron chi connectivity index (χ3n) is 3.07. The van der Waals surface area contributed by atoms with Crippen LogP contribution in [0.15, 0.2) is 18.2 Å². The van der Waals surface area contributed by atoms with Gasteiger partial charge in [0.05, 0.1) is 16.3 Å². The van der Waals surface area contributed by atoms with E-state index in [2.05, 4.69) is 0 Å². The number of nitrogens with zero attached hydrogens (tertiary/aromatic N) is 1. The summed E-state index contributed by atoms with van der Waals surface area (Å²) in [4.78, 5) is 1.64. The highest BCUT2D eigenvalue weighted by molar-refractivity contribution is 6.33. The van der Waals surface area contributed by atoms with E-state index in [1.165, 1.54) is 12.1 Å². The molecule has 0 bridgehead atoms. The van der Waals surface area contributed by atoms with Crippen LogP contribution in [0.3, 0.4) is 0 Å². The van der Waals surface area contributed by atoms with E-state index in [1.807, 2.05) is 0 Å². The van der Waals surface area contributed by atoms with Crippen molar-refractivity contribution < 1.29 is 13.2 Å². The number of para-hydroxylation sites is 1. The van der Waals surface area contributed by atoms with Gasteiger partial charge in [0.1, 0.15) is 0 Å². The summed E-state index contributed by atoms with van der Waals surface area (Å²) in [6, 6.07) is 3.75. The Morgan fingerprint density at radius 2 is 2.06 bits per heavy atom. The molecule has 18 heavy (non-hydrogen) atoms. The van der Waals surface area contributed by atoms with Gasteiger partial charge in [0.2, 0.25) is 0 Å². The Hall–Kier alpha value is -0.940. The van der Waals surface area contributed by atoms with Gasteiger partial charge < -0.3 is 10.6 Å². The van der Waals surface area contributed by atoms with Gasteiger partial charge >= 0.3 is 6.18 Å². The summed E-state index contributed by atoms with van der Waals surface area (Å²) in [5.41, 5.74) is 5.17. The van der Waals surface area contributed by atoms with E-state index in [0.29, 0.717) is 13.1 Å². The van der Waals surface area contributed by atoms with Crippen LogP contribution in [-0.2, 0) is 6.18 Å². The van der Waals surface area contributed by atoms with Crippen molar-refractivity contribution in [1.29, 1.82) is 0 Å². The molecule has 0 amide bonds. The molecule has 0 aromatic heterocycles. The molecule has 0 radical (unpaired) electrons. The predicted molar refractivity (Wildman–Crippen MR) is 65.9 cm³/mol. The molecule has 0 aliphatic carbocycles. The van der Waals surface area contributed by atoms with Gasteiger partial charge in [0, 0.05) is 19.1 Å².